The lowest BCUT2D eigenvalue weighted by Gasteiger charge is -2.08. The largest absolute Gasteiger partial charge is 0.322 e. The van der Waals surface area contributed by atoms with E-state index in [2.05, 4.69) is 15.3 Å². The SMILES string of the molecule is CCc1cc(=O)[nH]c(-c2cccc(NC(=O)c3ccc(CSC)cc3)c2)n1. The van der Waals surface area contributed by atoms with Crippen LogP contribution in [0.25, 0.3) is 11.4 Å². The van der Waals surface area contributed by atoms with Crippen LogP contribution in [0, 0.1) is 0 Å². The molecule has 0 bridgehead atoms. The van der Waals surface area contributed by atoms with Crippen molar-refractivity contribution in [1.82, 2.24) is 9.97 Å². The molecule has 1 heterocycles. The van der Waals surface area contributed by atoms with Crippen molar-refractivity contribution in [3.05, 3.63) is 81.8 Å². The molecule has 27 heavy (non-hydrogen) atoms. The molecule has 1 amide bonds. The predicted molar refractivity (Wildman–Crippen MR) is 111 cm³/mol. The van der Waals surface area contributed by atoms with Crippen molar-refractivity contribution in [2.75, 3.05) is 11.6 Å². The number of aryl methyl sites for hydroxylation is 1. The Morgan fingerprint density at radius 1 is 1.15 bits per heavy atom. The zero-order valence-corrected chi connectivity index (χ0v) is 16.1. The number of carbonyl (C=O) groups excluding carboxylic acids is 1. The van der Waals surface area contributed by atoms with Gasteiger partial charge in [-0.2, -0.15) is 11.8 Å². The molecule has 3 rings (SSSR count). The van der Waals surface area contributed by atoms with Crippen LogP contribution in [-0.4, -0.2) is 22.1 Å². The van der Waals surface area contributed by atoms with Gasteiger partial charge in [-0.05, 0) is 42.5 Å². The van der Waals surface area contributed by atoms with Gasteiger partial charge in [-0.1, -0.05) is 31.2 Å². The van der Waals surface area contributed by atoms with Gasteiger partial charge in [0.1, 0.15) is 5.82 Å². The first-order chi connectivity index (χ1) is 13.1. The monoisotopic (exact) mass is 379 g/mol. The first kappa shape index (κ1) is 18.9. The van der Waals surface area contributed by atoms with E-state index in [1.54, 1.807) is 17.8 Å². The van der Waals surface area contributed by atoms with E-state index in [0.29, 0.717) is 23.5 Å². The third kappa shape index (κ3) is 4.86. The van der Waals surface area contributed by atoms with E-state index < -0.39 is 0 Å². The molecule has 0 unspecified atom stereocenters. The fourth-order valence-electron chi connectivity index (χ4n) is 2.69. The van der Waals surface area contributed by atoms with Crippen LogP contribution in [0.4, 0.5) is 5.69 Å². The molecule has 0 fully saturated rings. The number of hydrogen-bond acceptors (Lipinski definition) is 4. The Morgan fingerprint density at radius 2 is 1.93 bits per heavy atom. The highest BCUT2D eigenvalue weighted by atomic mass is 32.2. The number of thioether (sulfide) groups is 1. The smallest absolute Gasteiger partial charge is 0.255 e. The van der Waals surface area contributed by atoms with Gasteiger partial charge in [0, 0.05) is 34.3 Å². The molecular formula is C21H21N3O2S. The van der Waals surface area contributed by atoms with Gasteiger partial charge < -0.3 is 10.3 Å². The molecule has 0 aliphatic carbocycles. The van der Waals surface area contributed by atoms with Crippen molar-refractivity contribution in [2.24, 2.45) is 0 Å². The van der Waals surface area contributed by atoms with Gasteiger partial charge in [-0.3, -0.25) is 9.59 Å². The van der Waals surface area contributed by atoms with Crippen molar-refractivity contribution >= 4 is 23.4 Å². The van der Waals surface area contributed by atoms with Crippen molar-refractivity contribution in [3.8, 4) is 11.4 Å². The zero-order valence-electron chi connectivity index (χ0n) is 15.3. The number of rotatable bonds is 6. The fraction of sp³-hybridized carbons (Fsp3) is 0.190. The standard InChI is InChI=1S/C21H21N3O2S/c1-3-17-12-19(25)24-20(22-17)16-5-4-6-18(11-16)23-21(26)15-9-7-14(8-10-15)13-27-2/h4-12H,3,13H2,1-2H3,(H,23,26)(H,22,24,25). The van der Waals surface area contributed by atoms with E-state index >= 15 is 0 Å². The Kier molecular flexibility index (Phi) is 6.08. The van der Waals surface area contributed by atoms with E-state index in [4.69, 9.17) is 0 Å². The number of anilines is 1. The molecule has 2 aromatic carbocycles. The lowest BCUT2D eigenvalue weighted by Crippen LogP contribution is -2.12. The predicted octanol–water partition coefficient (Wildman–Crippen LogP) is 4.11. The number of carbonyl (C=O) groups is 1. The molecular weight excluding hydrogens is 358 g/mol. The Balaban J connectivity index is 1.80. The van der Waals surface area contributed by atoms with Gasteiger partial charge in [0.15, 0.2) is 0 Å². The summed E-state index contributed by atoms with van der Waals surface area (Å²) in [5.74, 6) is 1.25. The number of aromatic nitrogens is 2. The van der Waals surface area contributed by atoms with Crippen molar-refractivity contribution < 1.29 is 4.79 Å². The summed E-state index contributed by atoms with van der Waals surface area (Å²) in [6, 6.07) is 16.4. The summed E-state index contributed by atoms with van der Waals surface area (Å²) in [5.41, 5.74) is 3.73. The van der Waals surface area contributed by atoms with Crippen LogP contribution < -0.4 is 10.9 Å². The van der Waals surface area contributed by atoms with E-state index in [9.17, 15) is 9.59 Å². The van der Waals surface area contributed by atoms with E-state index in [0.717, 1.165) is 17.0 Å². The average Bonchev–Trinajstić information content (AvgIpc) is 2.68. The third-order valence-electron chi connectivity index (χ3n) is 4.08. The van der Waals surface area contributed by atoms with Crippen molar-refractivity contribution in [1.29, 1.82) is 0 Å². The number of H-pyrrole nitrogens is 1. The van der Waals surface area contributed by atoms with Crippen LogP contribution in [0.1, 0.15) is 28.5 Å². The van der Waals surface area contributed by atoms with Gasteiger partial charge in [-0.25, -0.2) is 4.98 Å². The maximum Gasteiger partial charge on any atom is 0.255 e. The maximum absolute atomic E-state index is 12.5. The zero-order chi connectivity index (χ0) is 19.2. The summed E-state index contributed by atoms with van der Waals surface area (Å²) in [5, 5.41) is 2.90. The lowest BCUT2D eigenvalue weighted by molar-refractivity contribution is 0.102. The minimum Gasteiger partial charge on any atom is -0.322 e. The quantitative estimate of drug-likeness (QED) is 0.676. The van der Waals surface area contributed by atoms with Crippen molar-refractivity contribution in [3.63, 3.8) is 0 Å². The Bertz CT molecular complexity index is 997. The van der Waals surface area contributed by atoms with Gasteiger partial charge in [0.2, 0.25) is 0 Å². The molecule has 1 aromatic heterocycles. The first-order valence-corrected chi connectivity index (χ1v) is 10.1. The second kappa shape index (κ2) is 8.68. The molecule has 2 N–H and O–H groups in total. The summed E-state index contributed by atoms with van der Waals surface area (Å²) < 4.78 is 0. The average molecular weight is 379 g/mol. The molecule has 0 saturated carbocycles. The molecule has 5 nitrogen and oxygen atoms in total. The number of nitrogens with one attached hydrogen (secondary N) is 2. The number of aromatic amines is 1. The summed E-state index contributed by atoms with van der Waals surface area (Å²) >= 11 is 1.74. The minimum absolute atomic E-state index is 0.174. The first-order valence-electron chi connectivity index (χ1n) is 8.69. The Hall–Kier alpha value is -2.86. The highest BCUT2D eigenvalue weighted by Gasteiger charge is 2.08. The van der Waals surface area contributed by atoms with Gasteiger partial charge >= 0.3 is 0 Å². The molecule has 138 valence electrons. The maximum atomic E-state index is 12.5. The lowest BCUT2D eigenvalue weighted by atomic mass is 10.1. The van der Waals surface area contributed by atoms with Gasteiger partial charge in [0.05, 0.1) is 0 Å². The van der Waals surface area contributed by atoms with E-state index in [1.807, 2.05) is 55.6 Å². The third-order valence-corrected chi connectivity index (χ3v) is 4.70. The highest BCUT2D eigenvalue weighted by molar-refractivity contribution is 7.97. The van der Waals surface area contributed by atoms with Crippen molar-refractivity contribution in [2.45, 2.75) is 19.1 Å². The molecule has 6 heteroatoms. The molecule has 0 atom stereocenters. The normalized spacial score (nSPS) is 10.6. The summed E-state index contributed by atoms with van der Waals surface area (Å²) in [7, 11) is 0. The minimum atomic E-state index is -0.184. The van der Waals surface area contributed by atoms with Crippen LogP contribution in [0.5, 0.6) is 0 Å². The van der Waals surface area contributed by atoms with E-state index in [-0.39, 0.29) is 11.5 Å². The number of benzene rings is 2. The van der Waals surface area contributed by atoms with Gasteiger partial charge in [-0.15, -0.1) is 0 Å². The molecule has 3 aromatic rings. The molecule has 0 aliphatic heterocycles. The van der Waals surface area contributed by atoms with Crippen LogP contribution >= 0.6 is 11.8 Å². The van der Waals surface area contributed by atoms with Gasteiger partial charge in [0.25, 0.3) is 11.5 Å². The van der Waals surface area contributed by atoms with Crippen LogP contribution in [-0.2, 0) is 12.2 Å². The molecule has 0 aliphatic rings. The topological polar surface area (TPSA) is 74.8 Å². The number of amides is 1. The van der Waals surface area contributed by atoms with Crippen LogP contribution in [0.2, 0.25) is 0 Å². The Morgan fingerprint density at radius 3 is 2.63 bits per heavy atom. The second-order valence-corrected chi connectivity index (χ2v) is 6.97. The summed E-state index contributed by atoms with van der Waals surface area (Å²) in [4.78, 5) is 31.5. The van der Waals surface area contributed by atoms with Crippen LogP contribution in [0.3, 0.4) is 0 Å². The molecule has 0 radical (unpaired) electrons. The van der Waals surface area contributed by atoms with E-state index in [1.165, 1.54) is 11.6 Å². The van der Waals surface area contributed by atoms with Crippen LogP contribution in [0.15, 0.2) is 59.4 Å². The number of hydrogen-bond donors (Lipinski definition) is 2. The second-order valence-electron chi connectivity index (χ2n) is 6.10. The highest BCUT2D eigenvalue weighted by Crippen LogP contribution is 2.20. The molecule has 0 spiro atoms. The fourth-order valence-corrected chi connectivity index (χ4v) is 3.22. The summed E-state index contributed by atoms with van der Waals surface area (Å²) in [6.07, 6.45) is 2.73. The number of nitrogens with zero attached hydrogens (tertiary/aromatic N) is 1. The summed E-state index contributed by atoms with van der Waals surface area (Å²) in [6.45, 7) is 1.95. The Labute approximate surface area is 162 Å². The molecule has 0 saturated heterocycles.